The maximum atomic E-state index is 12.7. The maximum Gasteiger partial charge on any atom is 0.343 e. The molecule has 3 amide bonds. The number of amides is 3. The zero-order chi connectivity index (χ0) is 25.4. The highest BCUT2D eigenvalue weighted by Crippen LogP contribution is 2.24. The fourth-order valence-corrected chi connectivity index (χ4v) is 3.14. The Balaban J connectivity index is 1.76. The van der Waals surface area contributed by atoms with Crippen LogP contribution < -0.4 is 25.4 Å². The first-order valence-electron chi connectivity index (χ1n) is 10.8. The molecule has 35 heavy (non-hydrogen) atoms. The van der Waals surface area contributed by atoms with Crippen LogP contribution in [0.15, 0.2) is 66.7 Å². The molecule has 3 aromatic rings. The van der Waals surface area contributed by atoms with Crippen molar-refractivity contribution in [2.24, 2.45) is 0 Å². The largest absolute Gasteiger partial charge is 0.494 e. The molecular weight excluding hydrogens is 450 g/mol. The van der Waals surface area contributed by atoms with Gasteiger partial charge in [0.25, 0.3) is 11.8 Å². The number of esters is 1. The Hall–Kier alpha value is -4.66. The highest BCUT2D eigenvalue weighted by molar-refractivity contribution is 6.09. The first-order valence-corrected chi connectivity index (χ1v) is 10.8. The molecule has 0 atom stereocenters. The summed E-state index contributed by atoms with van der Waals surface area (Å²) in [5.74, 6) is -0.979. The highest BCUT2D eigenvalue weighted by atomic mass is 16.5. The first kappa shape index (κ1) is 25.0. The Morgan fingerprint density at radius 3 is 2.00 bits per heavy atom. The molecule has 0 fully saturated rings. The summed E-state index contributed by atoms with van der Waals surface area (Å²) in [6.07, 6.45) is 0. The fraction of sp³-hybridized carbons (Fsp3) is 0.154. The van der Waals surface area contributed by atoms with Gasteiger partial charge in [0, 0.05) is 25.2 Å². The topological polar surface area (TPSA) is 123 Å². The molecule has 3 N–H and O–H groups in total. The van der Waals surface area contributed by atoms with Crippen molar-refractivity contribution in [1.82, 2.24) is 5.32 Å². The van der Waals surface area contributed by atoms with Crippen LogP contribution in [0.4, 0.5) is 11.4 Å². The van der Waals surface area contributed by atoms with E-state index in [0.29, 0.717) is 29.2 Å². The summed E-state index contributed by atoms with van der Waals surface area (Å²) < 4.78 is 10.8. The number of hydrogen-bond donors (Lipinski definition) is 3. The van der Waals surface area contributed by atoms with Crippen LogP contribution in [0.1, 0.15) is 44.9 Å². The number of rotatable bonds is 8. The van der Waals surface area contributed by atoms with Crippen LogP contribution in [-0.2, 0) is 4.79 Å². The van der Waals surface area contributed by atoms with Gasteiger partial charge in [-0.25, -0.2) is 4.79 Å². The minimum Gasteiger partial charge on any atom is -0.494 e. The van der Waals surface area contributed by atoms with Crippen LogP contribution in [0.2, 0.25) is 0 Å². The quantitative estimate of drug-likeness (QED) is 0.336. The van der Waals surface area contributed by atoms with E-state index in [1.807, 2.05) is 6.92 Å². The normalized spacial score (nSPS) is 10.1. The van der Waals surface area contributed by atoms with Gasteiger partial charge in [0.2, 0.25) is 5.91 Å². The molecule has 0 saturated heterocycles. The van der Waals surface area contributed by atoms with E-state index in [4.69, 9.17) is 9.47 Å². The van der Waals surface area contributed by atoms with Gasteiger partial charge in [-0.2, -0.15) is 0 Å². The number of nitrogens with one attached hydrogen (secondary N) is 3. The smallest absolute Gasteiger partial charge is 0.343 e. The van der Waals surface area contributed by atoms with Gasteiger partial charge in [-0.05, 0) is 73.7 Å². The van der Waals surface area contributed by atoms with Crippen molar-refractivity contribution < 1.29 is 28.7 Å². The lowest BCUT2D eigenvalue weighted by Gasteiger charge is -2.13. The van der Waals surface area contributed by atoms with Gasteiger partial charge in [0.15, 0.2) is 0 Å². The van der Waals surface area contributed by atoms with Crippen molar-refractivity contribution in [3.05, 3.63) is 83.4 Å². The van der Waals surface area contributed by atoms with Crippen molar-refractivity contribution >= 4 is 35.1 Å². The van der Waals surface area contributed by atoms with E-state index in [0.717, 1.165) is 0 Å². The Morgan fingerprint density at radius 1 is 0.771 bits per heavy atom. The predicted octanol–water partition coefficient (Wildman–Crippen LogP) is 3.87. The SMILES string of the molecule is CCOc1ccc(C(=O)Oc2ccc(NC(=O)c3ccc(NC(C)=O)cc3)c(C(=O)NC)c2)cc1. The molecule has 9 nitrogen and oxygen atoms in total. The fourth-order valence-electron chi connectivity index (χ4n) is 3.14. The summed E-state index contributed by atoms with van der Waals surface area (Å²) in [6, 6.07) is 17.1. The first-order chi connectivity index (χ1) is 16.8. The van der Waals surface area contributed by atoms with E-state index in [1.54, 1.807) is 48.5 Å². The van der Waals surface area contributed by atoms with Gasteiger partial charge in [-0.1, -0.05) is 0 Å². The van der Waals surface area contributed by atoms with E-state index in [1.165, 1.54) is 32.2 Å². The Morgan fingerprint density at radius 2 is 1.40 bits per heavy atom. The van der Waals surface area contributed by atoms with Crippen molar-refractivity contribution in [2.45, 2.75) is 13.8 Å². The highest BCUT2D eigenvalue weighted by Gasteiger charge is 2.17. The zero-order valence-corrected chi connectivity index (χ0v) is 19.5. The standard InChI is InChI=1S/C26H25N3O6/c1-4-34-20-11-7-18(8-12-20)26(33)35-21-13-14-23(22(15-21)25(32)27-3)29-24(31)17-5-9-19(10-6-17)28-16(2)30/h5-15H,4H2,1-3H3,(H,27,32)(H,28,30)(H,29,31). The maximum absolute atomic E-state index is 12.7. The molecule has 0 aliphatic carbocycles. The van der Waals surface area contributed by atoms with E-state index in [2.05, 4.69) is 16.0 Å². The minimum absolute atomic E-state index is 0.118. The van der Waals surface area contributed by atoms with Crippen molar-refractivity contribution in [3.8, 4) is 11.5 Å². The number of carbonyl (C=O) groups excluding carboxylic acids is 4. The molecule has 0 aliphatic rings. The van der Waals surface area contributed by atoms with Gasteiger partial charge in [-0.15, -0.1) is 0 Å². The Kier molecular flexibility index (Phi) is 8.18. The summed E-state index contributed by atoms with van der Waals surface area (Å²) in [4.78, 5) is 48.8. The lowest BCUT2D eigenvalue weighted by molar-refractivity contribution is -0.114. The summed E-state index contributed by atoms with van der Waals surface area (Å²) in [6.45, 7) is 3.76. The summed E-state index contributed by atoms with van der Waals surface area (Å²) >= 11 is 0. The van der Waals surface area contributed by atoms with Crippen LogP contribution in [0.5, 0.6) is 11.5 Å². The second-order valence-electron chi connectivity index (χ2n) is 7.35. The summed E-state index contributed by atoms with van der Waals surface area (Å²) in [5, 5.41) is 7.82. The molecule has 3 rings (SSSR count). The molecule has 180 valence electrons. The lowest BCUT2D eigenvalue weighted by atomic mass is 10.1. The average Bonchev–Trinajstić information content (AvgIpc) is 2.85. The third kappa shape index (κ3) is 6.67. The number of benzene rings is 3. The van der Waals surface area contributed by atoms with Crippen LogP contribution in [0.3, 0.4) is 0 Å². The number of carbonyl (C=O) groups is 4. The van der Waals surface area contributed by atoms with Crippen LogP contribution >= 0.6 is 0 Å². The molecule has 3 aromatic carbocycles. The molecule has 0 heterocycles. The molecule has 0 saturated carbocycles. The van der Waals surface area contributed by atoms with Crippen LogP contribution in [-0.4, -0.2) is 37.3 Å². The monoisotopic (exact) mass is 475 g/mol. The van der Waals surface area contributed by atoms with E-state index in [-0.39, 0.29) is 22.9 Å². The zero-order valence-electron chi connectivity index (χ0n) is 19.5. The molecule has 0 radical (unpaired) electrons. The second-order valence-corrected chi connectivity index (χ2v) is 7.35. The summed E-state index contributed by atoms with van der Waals surface area (Å²) in [5.41, 5.74) is 1.55. The lowest BCUT2D eigenvalue weighted by Crippen LogP contribution is -2.22. The van der Waals surface area contributed by atoms with E-state index < -0.39 is 17.8 Å². The number of hydrogen-bond acceptors (Lipinski definition) is 6. The number of ether oxygens (including phenoxy) is 2. The van der Waals surface area contributed by atoms with Crippen LogP contribution in [0.25, 0.3) is 0 Å². The molecular formula is C26H25N3O6. The molecule has 0 bridgehead atoms. The molecule has 9 heteroatoms. The van der Waals surface area contributed by atoms with Gasteiger partial charge >= 0.3 is 5.97 Å². The summed E-state index contributed by atoms with van der Waals surface area (Å²) in [7, 11) is 1.45. The number of anilines is 2. The van der Waals surface area contributed by atoms with Gasteiger partial charge in [0.05, 0.1) is 23.4 Å². The average molecular weight is 476 g/mol. The van der Waals surface area contributed by atoms with E-state index >= 15 is 0 Å². The third-order valence-corrected chi connectivity index (χ3v) is 4.79. The molecule has 0 aromatic heterocycles. The molecule has 0 aliphatic heterocycles. The van der Waals surface area contributed by atoms with Crippen LogP contribution in [0, 0.1) is 0 Å². The van der Waals surface area contributed by atoms with Crippen molar-refractivity contribution in [1.29, 1.82) is 0 Å². The Labute approximate surface area is 202 Å². The minimum atomic E-state index is -0.605. The van der Waals surface area contributed by atoms with Crippen molar-refractivity contribution in [3.63, 3.8) is 0 Å². The van der Waals surface area contributed by atoms with Gasteiger partial charge in [0.1, 0.15) is 11.5 Å². The van der Waals surface area contributed by atoms with Gasteiger partial charge in [-0.3, -0.25) is 14.4 Å². The predicted molar refractivity (Wildman–Crippen MR) is 131 cm³/mol. The third-order valence-electron chi connectivity index (χ3n) is 4.79. The molecule has 0 spiro atoms. The van der Waals surface area contributed by atoms with Crippen molar-refractivity contribution in [2.75, 3.05) is 24.3 Å². The van der Waals surface area contributed by atoms with E-state index in [9.17, 15) is 19.2 Å². The molecule has 0 unspecified atom stereocenters. The Bertz CT molecular complexity index is 1240. The second kappa shape index (κ2) is 11.5. The van der Waals surface area contributed by atoms with Gasteiger partial charge < -0.3 is 25.4 Å².